The van der Waals surface area contributed by atoms with Crippen LogP contribution < -0.4 is 5.32 Å². The highest BCUT2D eigenvalue weighted by Crippen LogP contribution is 2.23. The minimum atomic E-state index is 0.492. The first-order chi connectivity index (χ1) is 8.24. The van der Waals surface area contributed by atoms with E-state index in [1.165, 1.54) is 0 Å². The Morgan fingerprint density at radius 2 is 2.06 bits per heavy atom. The molecule has 0 aromatic carbocycles. The number of hydrogen-bond donors (Lipinski definition) is 1. The highest BCUT2D eigenvalue weighted by Gasteiger charge is 2.07. The van der Waals surface area contributed by atoms with Crippen molar-refractivity contribution in [3.63, 3.8) is 0 Å². The predicted octanol–water partition coefficient (Wildman–Crippen LogP) is 3.99. The lowest BCUT2D eigenvalue weighted by Gasteiger charge is -2.17. The molecule has 4 heteroatoms. The number of nitrogens with one attached hydrogen (secondary N) is 1. The number of halogens is 1. The maximum absolute atomic E-state index is 4.43. The van der Waals surface area contributed by atoms with E-state index < -0.39 is 0 Å². The number of aromatic nitrogens is 2. The van der Waals surface area contributed by atoms with Gasteiger partial charge in [-0.05, 0) is 40.9 Å². The van der Waals surface area contributed by atoms with Gasteiger partial charge in [-0.3, -0.25) is 9.97 Å². The molecule has 0 unspecified atom stereocenters. The molecule has 0 bridgehead atoms. The Morgan fingerprint density at radius 3 is 2.76 bits per heavy atom. The Morgan fingerprint density at radius 1 is 1.29 bits per heavy atom. The summed E-state index contributed by atoms with van der Waals surface area (Å²) in [5.41, 5.74) is 2.91. The van der Waals surface area contributed by atoms with Gasteiger partial charge in [0.15, 0.2) is 0 Å². The van der Waals surface area contributed by atoms with Crippen molar-refractivity contribution >= 4 is 32.7 Å². The molecule has 0 saturated carbocycles. The van der Waals surface area contributed by atoms with Crippen LogP contribution in [-0.2, 0) is 0 Å². The van der Waals surface area contributed by atoms with Gasteiger partial charge >= 0.3 is 0 Å². The Balaban J connectivity index is 2.40. The molecule has 0 aliphatic rings. The van der Waals surface area contributed by atoms with E-state index >= 15 is 0 Å². The first kappa shape index (κ1) is 12.3. The minimum absolute atomic E-state index is 0.492. The predicted molar refractivity (Wildman–Crippen MR) is 75.2 cm³/mol. The van der Waals surface area contributed by atoms with Crippen molar-refractivity contribution in [2.24, 2.45) is 0 Å². The van der Waals surface area contributed by atoms with E-state index in [-0.39, 0.29) is 0 Å². The number of nitrogens with zero attached hydrogens (tertiary/aromatic N) is 2. The summed E-state index contributed by atoms with van der Waals surface area (Å²) in [5.74, 6) is 0. The van der Waals surface area contributed by atoms with Crippen molar-refractivity contribution in [3.05, 3.63) is 29.0 Å². The van der Waals surface area contributed by atoms with E-state index in [4.69, 9.17) is 0 Å². The van der Waals surface area contributed by atoms with E-state index in [0.29, 0.717) is 6.04 Å². The van der Waals surface area contributed by atoms with Gasteiger partial charge in [-0.15, -0.1) is 0 Å². The molecule has 0 atom stereocenters. The van der Waals surface area contributed by atoms with Crippen molar-refractivity contribution in [2.45, 2.75) is 32.7 Å². The van der Waals surface area contributed by atoms with Crippen LogP contribution in [0.1, 0.15) is 26.7 Å². The zero-order chi connectivity index (χ0) is 12.3. The lowest BCUT2D eigenvalue weighted by atomic mass is 10.1. The number of anilines is 1. The zero-order valence-corrected chi connectivity index (χ0v) is 11.7. The van der Waals surface area contributed by atoms with Crippen LogP contribution in [0.25, 0.3) is 11.0 Å². The number of fused-ring (bicyclic) bond motifs is 1. The topological polar surface area (TPSA) is 37.8 Å². The van der Waals surface area contributed by atoms with Gasteiger partial charge < -0.3 is 5.32 Å². The second kappa shape index (κ2) is 5.45. The Labute approximate surface area is 110 Å². The van der Waals surface area contributed by atoms with Gasteiger partial charge in [0, 0.05) is 22.9 Å². The third-order valence-electron chi connectivity index (χ3n) is 2.89. The van der Waals surface area contributed by atoms with Crippen molar-refractivity contribution < 1.29 is 0 Å². The molecule has 0 amide bonds. The van der Waals surface area contributed by atoms with Gasteiger partial charge in [0.25, 0.3) is 0 Å². The molecule has 0 radical (unpaired) electrons. The second-order valence-electron chi connectivity index (χ2n) is 4.04. The summed E-state index contributed by atoms with van der Waals surface area (Å²) in [6.07, 6.45) is 5.84. The van der Waals surface area contributed by atoms with E-state index in [1.807, 2.05) is 24.5 Å². The summed E-state index contributed by atoms with van der Waals surface area (Å²) in [6.45, 7) is 4.38. The van der Waals surface area contributed by atoms with Crippen LogP contribution in [0.3, 0.4) is 0 Å². The molecule has 0 aliphatic heterocycles. The summed E-state index contributed by atoms with van der Waals surface area (Å²) in [5, 5.41) is 3.52. The Bertz CT molecular complexity index is 509. The van der Waals surface area contributed by atoms with Gasteiger partial charge in [-0.2, -0.15) is 0 Å². The molecule has 0 spiro atoms. The average Bonchev–Trinajstić information content (AvgIpc) is 2.35. The fourth-order valence-electron chi connectivity index (χ4n) is 1.83. The third kappa shape index (κ3) is 2.75. The molecular formula is C13H16BrN3. The maximum atomic E-state index is 4.43. The van der Waals surface area contributed by atoms with Crippen molar-refractivity contribution in [1.82, 2.24) is 9.97 Å². The largest absolute Gasteiger partial charge is 0.380 e. The Hall–Kier alpha value is -1.16. The average molecular weight is 294 g/mol. The molecule has 2 aromatic heterocycles. The number of pyridine rings is 2. The smallest absolute Gasteiger partial charge is 0.112 e. The molecule has 0 saturated heterocycles. The standard InChI is InChI=1S/C13H16BrN3/c1-3-10(4-2)17-11-5-6-15-12-7-9(14)8-16-13(11)12/h5-8,10H,3-4H2,1-2H3,(H,15,17). The summed E-state index contributed by atoms with van der Waals surface area (Å²) in [4.78, 5) is 8.76. The SMILES string of the molecule is CCC(CC)Nc1ccnc2cc(Br)cnc12. The zero-order valence-electron chi connectivity index (χ0n) is 10.1. The van der Waals surface area contributed by atoms with Crippen molar-refractivity contribution in [2.75, 3.05) is 5.32 Å². The van der Waals surface area contributed by atoms with E-state index in [9.17, 15) is 0 Å². The van der Waals surface area contributed by atoms with Crippen LogP contribution in [0.15, 0.2) is 29.0 Å². The summed E-state index contributed by atoms with van der Waals surface area (Å²) in [7, 11) is 0. The van der Waals surface area contributed by atoms with Gasteiger partial charge in [-0.25, -0.2) is 0 Å². The van der Waals surface area contributed by atoms with Gasteiger partial charge in [0.05, 0.1) is 11.2 Å². The maximum Gasteiger partial charge on any atom is 0.112 e. The van der Waals surface area contributed by atoms with Gasteiger partial charge in [-0.1, -0.05) is 13.8 Å². The molecule has 0 aliphatic carbocycles. The lowest BCUT2D eigenvalue weighted by Crippen LogP contribution is -2.17. The molecular weight excluding hydrogens is 278 g/mol. The van der Waals surface area contributed by atoms with Crippen molar-refractivity contribution in [3.8, 4) is 0 Å². The molecule has 1 N–H and O–H groups in total. The molecule has 0 fully saturated rings. The summed E-state index contributed by atoms with van der Waals surface area (Å²) < 4.78 is 0.956. The fourth-order valence-corrected chi connectivity index (χ4v) is 2.15. The van der Waals surface area contributed by atoms with Crippen LogP contribution in [0.2, 0.25) is 0 Å². The molecule has 3 nitrogen and oxygen atoms in total. The lowest BCUT2D eigenvalue weighted by molar-refractivity contribution is 0.672. The first-order valence-corrected chi connectivity index (χ1v) is 6.70. The second-order valence-corrected chi connectivity index (χ2v) is 4.95. The van der Waals surface area contributed by atoms with Crippen molar-refractivity contribution in [1.29, 1.82) is 0 Å². The normalized spacial score (nSPS) is 11.1. The summed E-state index contributed by atoms with van der Waals surface area (Å²) >= 11 is 3.41. The Kier molecular flexibility index (Phi) is 3.94. The monoisotopic (exact) mass is 293 g/mol. The molecule has 90 valence electrons. The van der Waals surface area contributed by atoms with Crippen LogP contribution in [0.4, 0.5) is 5.69 Å². The van der Waals surface area contributed by atoms with Crippen LogP contribution in [-0.4, -0.2) is 16.0 Å². The van der Waals surface area contributed by atoms with E-state index in [1.54, 1.807) is 0 Å². The summed E-state index contributed by atoms with van der Waals surface area (Å²) in [6, 6.07) is 4.47. The number of hydrogen-bond acceptors (Lipinski definition) is 3. The van der Waals surface area contributed by atoms with Crippen LogP contribution in [0.5, 0.6) is 0 Å². The first-order valence-electron chi connectivity index (χ1n) is 5.91. The van der Waals surface area contributed by atoms with Gasteiger partial charge in [0.2, 0.25) is 0 Å². The molecule has 2 heterocycles. The molecule has 2 aromatic rings. The van der Waals surface area contributed by atoms with Crippen LogP contribution >= 0.6 is 15.9 Å². The highest BCUT2D eigenvalue weighted by atomic mass is 79.9. The molecule has 17 heavy (non-hydrogen) atoms. The number of rotatable bonds is 4. The molecule has 2 rings (SSSR count). The van der Waals surface area contributed by atoms with E-state index in [0.717, 1.165) is 34.0 Å². The fraction of sp³-hybridized carbons (Fsp3) is 0.385. The minimum Gasteiger partial charge on any atom is -0.380 e. The van der Waals surface area contributed by atoms with Crippen LogP contribution in [0, 0.1) is 0 Å². The third-order valence-corrected chi connectivity index (χ3v) is 3.32. The highest BCUT2D eigenvalue weighted by molar-refractivity contribution is 9.10. The van der Waals surface area contributed by atoms with Gasteiger partial charge in [0.1, 0.15) is 5.52 Å². The quantitative estimate of drug-likeness (QED) is 0.926. The van der Waals surface area contributed by atoms with E-state index in [2.05, 4.69) is 45.1 Å².